The molecule has 0 fully saturated rings. The third kappa shape index (κ3) is 2.37. The minimum absolute atomic E-state index is 0.159. The van der Waals surface area contributed by atoms with Gasteiger partial charge in [-0.05, 0) is 0 Å². The van der Waals surface area contributed by atoms with Gasteiger partial charge in [-0.3, -0.25) is 0 Å². The number of hydrogen-bond donors (Lipinski definition) is 0. The van der Waals surface area contributed by atoms with Gasteiger partial charge in [-0.2, -0.15) is 0 Å². The van der Waals surface area contributed by atoms with Crippen LogP contribution in [-0.2, 0) is 0 Å². The molecule has 0 aromatic heterocycles. The van der Waals surface area contributed by atoms with Crippen molar-refractivity contribution in [3.63, 3.8) is 0 Å². The van der Waals surface area contributed by atoms with E-state index in [1.807, 2.05) is 18.2 Å². The molecule has 0 aliphatic heterocycles. The second-order valence-electron chi connectivity index (χ2n) is 6.27. The molecular formula is C21H21F2P. The van der Waals surface area contributed by atoms with E-state index in [4.69, 9.17) is 0 Å². The van der Waals surface area contributed by atoms with Gasteiger partial charge < -0.3 is 0 Å². The van der Waals surface area contributed by atoms with Crippen LogP contribution in [0.2, 0.25) is 0 Å². The molecule has 3 aromatic rings. The average Bonchev–Trinajstić information content (AvgIpc) is 2.56. The quantitative estimate of drug-likeness (QED) is 0.573. The van der Waals surface area contributed by atoms with Crippen LogP contribution in [0.4, 0.5) is 8.39 Å². The molecule has 0 radical (unpaired) electrons. The van der Waals surface area contributed by atoms with Gasteiger partial charge in [-0.15, -0.1) is 0 Å². The van der Waals surface area contributed by atoms with Crippen molar-refractivity contribution >= 4 is 23.1 Å². The van der Waals surface area contributed by atoms with Crippen LogP contribution in [0.15, 0.2) is 72.8 Å². The zero-order chi connectivity index (χ0) is 17.4. The zero-order valence-electron chi connectivity index (χ0n) is 14.1. The monoisotopic (exact) mass is 342 g/mol. The van der Waals surface area contributed by atoms with Crippen LogP contribution >= 0.6 is 7.22 Å². The summed E-state index contributed by atoms with van der Waals surface area (Å²) in [6.45, 7) is 5.31. The molecule has 3 rings (SSSR count). The molecule has 3 aromatic carbocycles. The fourth-order valence-electron chi connectivity index (χ4n) is 3.40. The summed E-state index contributed by atoms with van der Waals surface area (Å²) in [5.41, 5.74) is 1.89. The Morgan fingerprint density at radius 3 is 1.00 bits per heavy atom. The molecular weight excluding hydrogens is 321 g/mol. The van der Waals surface area contributed by atoms with E-state index in [1.54, 1.807) is 75.4 Å². The van der Waals surface area contributed by atoms with Crippen LogP contribution in [0, 0.1) is 20.8 Å². The summed E-state index contributed by atoms with van der Waals surface area (Å²) >= 11 is 0. The van der Waals surface area contributed by atoms with E-state index in [9.17, 15) is 0 Å². The average molecular weight is 342 g/mol. The number of halogens is 2. The molecule has 0 nitrogen and oxygen atoms in total. The molecule has 0 saturated heterocycles. The summed E-state index contributed by atoms with van der Waals surface area (Å²) in [4.78, 5) is 0. The predicted molar refractivity (Wildman–Crippen MR) is 102 cm³/mol. The Hall–Kier alpha value is -2.05. The van der Waals surface area contributed by atoms with Gasteiger partial charge >= 0.3 is 142 Å². The fourth-order valence-corrected chi connectivity index (χ4v) is 7.30. The number of aryl methyl sites for hydroxylation is 3. The first-order valence-electron chi connectivity index (χ1n) is 7.99. The molecule has 0 atom stereocenters. The number of hydrogen-bond acceptors (Lipinski definition) is 0. The molecule has 0 amide bonds. The first-order valence-corrected chi connectivity index (χ1v) is 10.0. The van der Waals surface area contributed by atoms with Gasteiger partial charge in [-0.1, -0.05) is 0 Å². The van der Waals surface area contributed by atoms with Gasteiger partial charge in [0.15, 0.2) is 0 Å². The summed E-state index contributed by atoms with van der Waals surface area (Å²) < 4.78 is 33.8. The molecule has 3 heteroatoms. The van der Waals surface area contributed by atoms with E-state index in [-0.39, 0.29) is 15.9 Å². The van der Waals surface area contributed by atoms with E-state index in [0.29, 0.717) is 16.7 Å². The first-order chi connectivity index (χ1) is 11.4. The van der Waals surface area contributed by atoms with Gasteiger partial charge in [0.05, 0.1) is 0 Å². The van der Waals surface area contributed by atoms with Crippen molar-refractivity contribution in [1.29, 1.82) is 0 Å². The summed E-state index contributed by atoms with van der Waals surface area (Å²) in [6.07, 6.45) is 0. The van der Waals surface area contributed by atoms with Crippen molar-refractivity contribution < 1.29 is 8.39 Å². The fraction of sp³-hybridized carbons (Fsp3) is 0.143. The Kier molecular flexibility index (Phi) is 4.05. The molecule has 124 valence electrons. The number of benzene rings is 3. The maximum absolute atomic E-state index is 16.9. The Bertz CT molecular complexity index is 782. The third-order valence-electron chi connectivity index (χ3n) is 4.62. The summed E-state index contributed by atoms with van der Waals surface area (Å²) in [7, 11) is -5.52. The molecule has 0 spiro atoms. The topological polar surface area (TPSA) is 0 Å². The molecule has 0 bridgehead atoms. The third-order valence-corrected chi connectivity index (χ3v) is 8.66. The Labute approximate surface area is 142 Å². The van der Waals surface area contributed by atoms with Crippen LogP contribution in [0.1, 0.15) is 16.7 Å². The van der Waals surface area contributed by atoms with Gasteiger partial charge in [0.2, 0.25) is 0 Å². The van der Waals surface area contributed by atoms with Crippen molar-refractivity contribution in [3.05, 3.63) is 89.5 Å². The van der Waals surface area contributed by atoms with Crippen molar-refractivity contribution in [2.24, 2.45) is 0 Å². The second kappa shape index (κ2) is 5.79. The van der Waals surface area contributed by atoms with Gasteiger partial charge in [0, 0.05) is 0 Å². The second-order valence-corrected chi connectivity index (χ2v) is 9.52. The summed E-state index contributed by atoms with van der Waals surface area (Å²) in [5.74, 6) is 0. The molecule has 0 heterocycles. The van der Waals surface area contributed by atoms with E-state index in [1.165, 1.54) is 0 Å². The van der Waals surface area contributed by atoms with E-state index in [0.717, 1.165) is 0 Å². The molecule has 0 saturated carbocycles. The first kappa shape index (κ1) is 16.8. The van der Waals surface area contributed by atoms with Crippen molar-refractivity contribution in [3.8, 4) is 0 Å². The Morgan fingerprint density at radius 1 is 0.500 bits per heavy atom. The maximum atomic E-state index is 16.9. The zero-order valence-corrected chi connectivity index (χ0v) is 15.0. The van der Waals surface area contributed by atoms with Crippen molar-refractivity contribution in [2.75, 3.05) is 0 Å². The van der Waals surface area contributed by atoms with E-state index >= 15 is 8.39 Å². The molecule has 24 heavy (non-hydrogen) atoms. The Morgan fingerprint density at radius 2 is 0.750 bits per heavy atom. The predicted octanol–water partition coefficient (Wildman–Crippen LogP) is 5.21. The van der Waals surface area contributed by atoms with Crippen LogP contribution in [0.3, 0.4) is 0 Å². The minimum atomic E-state index is -5.52. The van der Waals surface area contributed by atoms with Crippen molar-refractivity contribution in [1.82, 2.24) is 0 Å². The van der Waals surface area contributed by atoms with E-state index < -0.39 is 7.22 Å². The molecule has 0 N–H and O–H groups in total. The van der Waals surface area contributed by atoms with Crippen LogP contribution in [0.25, 0.3) is 0 Å². The molecule has 0 aliphatic carbocycles. The molecule has 0 aliphatic rings. The van der Waals surface area contributed by atoms with Crippen LogP contribution in [0.5, 0.6) is 0 Å². The van der Waals surface area contributed by atoms with Crippen molar-refractivity contribution in [2.45, 2.75) is 20.8 Å². The molecule has 0 unspecified atom stereocenters. The van der Waals surface area contributed by atoms with Gasteiger partial charge in [-0.25, -0.2) is 0 Å². The van der Waals surface area contributed by atoms with Gasteiger partial charge in [0.1, 0.15) is 0 Å². The SMILES string of the molecule is Cc1ccccc1P(F)(F)(c1ccccc1C)c1ccccc1C. The summed E-state index contributed by atoms with van der Waals surface area (Å²) in [6, 6.07) is 20.6. The van der Waals surface area contributed by atoms with Crippen LogP contribution < -0.4 is 15.9 Å². The van der Waals surface area contributed by atoms with Crippen LogP contribution in [-0.4, -0.2) is 0 Å². The normalized spacial score (nSPS) is 13.3. The Balaban J connectivity index is 2.50. The standard InChI is InChI=1S/C21H21F2P/c1-16-10-4-7-13-19(16)24(22,23,20-14-8-5-11-17(20)2)21-15-9-6-12-18(21)3/h4-15H,1-3H3. The number of rotatable bonds is 3. The van der Waals surface area contributed by atoms with E-state index in [2.05, 4.69) is 0 Å². The summed E-state index contributed by atoms with van der Waals surface area (Å²) in [5, 5.41) is 0.478. The van der Waals surface area contributed by atoms with Gasteiger partial charge in [0.25, 0.3) is 0 Å².